The highest BCUT2D eigenvalue weighted by Crippen LogP contribution is 2.44. The third kappa shape index (κ3) is 5.58. The summed E-state index contributed by atoms with van der Waals surface area (Å²) >= 11 is 1.84. The van der Waals surface area contributed by atoms with Gasteiger partial charge in [-0.3, -0.25) is 0 Å². The fourth-order valence-electron chi connectivity index (χ4n) is 7.93. The summed E-state index contributed by atoms with van der Waals surface area (Å²) in [5.74, 6) is 0.695. The highest BCUT2D eigenvalue weighted by molar-refractivity contribution is 7.25. The van der Waals surface area contributed by atoms with E-state index >= 15 is 0 Å². The zero-order valence-corrected chi connectivity index (χ0v) is 31.0. The fourth-order valence-corrected chi connectivity index (χ4v) is 9.08. The molecule has 0 spiro atoms. The molecule has 11 rings (SSSR count). The summed E-state index contributed by atoms with van der Waals surface area (Å²) in [4.78, 5) is 10.2. The SMILES string of the molecule is c1ccc(-c2ccc(-c3nc(-c4ccccc4)cc(-c4ccc(-c5ccc(-c6ccc7c(c6)sc6ccccc67)c6oc7ccccc7c56)cc4)n3)cc2)cc1. The third-order valence-corrected chi connectivity index (χ3v) is 11.9. The first-order valence-corrected chi connectivity index (χ1v) is 19.6. The van der Waals surface area contributed by atoms with Crippen LogP contribution >= 0.6 is 11.3 Å². The van der Waals surface area contributed by atoms with E-state index in [1.807, 2.05) is 41.7 Å². The Morgan fingerprint density at radius 2 is 0.893 bits per heavy atom. The van der Waals surface area contributed by atoms with E-state index in [1.165, 1.54) is 25.7 Å². The number of benzene rings is 8. The molecular weight excluding hydrogens is 701 g/mol. The van der Waals surface area contributed by atoms with Crippen molar-refractivity contribution < 1.29 is 4.42 Å². The van der Waals surface area contributed by atoms with E-state index in [0.717, 1.165) is 77.8 Å². The van der Waals surface area contributed by atoms with E-state index in [-0.39, 0.29) is 0 Å². The first-order chi connectivity index (χ1) is 27.7. The first kappa shape index (κ1) is 32.3. The number of fused-ring (bicyclic) bond motifs is 6. The van der Waals surface area contributed by atoms with Crippen molar-refractivity contribution in [2.75, 3.05) is 0 Å². The Morgan fingerprint density at radius 1 is 0.357 bits per heavy atom. The number of furan rings is 1. The Kier molecular flexibility index (Phi) is 7.68. The minimum Gasteiger partial charge on any atom is -0.455 e. The lowest BCUT2D eigenvalue weighted by molar-refractivity contribution is 0.670. The average Bonchev–Trinajstić information content (AvgIpc) is 3.85. The molecular formula is C52H32N2OS. The third-order valence-electron chi connectivity index (χ3n) is 10.8. The van der Waals surface area contributed by atoms with Crippen LogP contribution in [-0.2, 0) is 0 Å². The lowest BCUT2D eigenvalue weighted by atomic mass is 9.93. The second kappa shape index (κ2) is 13.3. The Labute approximate surface area is 327 Å². The zero-order valence-electron chi connectivity index (χ0n) is 30.2. The summed E-state index contributed by atoms with van der Waals surface area (Å²) in [5.41, 5.74) is 13.4. The Balaban J connectivity index is 1.00. The van der Waals surface area contributed by atoms with Crippen LogP contribution < -0.4 is 0 Å². The zero-order chi connectivity index (χ0) is 37.0. The van der Waals surface area contributed by atoms with Crippen LogP contribution in [0.2, 0.25) is 0 Å². The van der Waals surface area contributed by atoms with Gasteiger partial charge in [0.2, 0.25) is 0 Å². The molecule has 3 aromatic heterocycles. The standard InChI is InChI=1S/C52H32N2OS/c1-3-11-33(12-4-1)34-19-25-38(26-20-34)52-53-45(36-13-5-2-6-14-36)32-46(54-52)37-23-21-35(22-24-37)40-29-30-41(51-50(40)44-16-7-9-17-47(44)55-51)39-27-28-43-42-15-8-10-18-48(42)56-49(43)31-39/h1-32H. The van der Waals surface area contributed by atoms with Gasteiger partial charge in [-0.25, -0.2) is 9.97 Å². The summed E-state index contributed by atoms with van der Waals surface area (Å²) in [6.45, 7) is 0. The van der Waals surface area contributed by atoms with Gasteiger partial charge in [-0.15, -0.1) is 11.3 Å². The lowest BCUT2D eigenvalue weighted by Gasteiger charge is -2.12. The van der Waals surface area contributed by atoms with Crippen LogP contribution in [0, 0.1) is 0 Å². The van der Waals surface area contributed by atoms with E-state index in [9.17, 15) is 0 Å². The summed E-state index contributed by atoms with van der Waals surface area (Å²) in [5, 5.41) is 4.83. The molecule has 0 aliphatic rings. The molecule has 0 atom stereocenters. The fraction of sp³-hybridized carbons (Fsp3) is 0. The van der Waals surface area contributed by atoms with Gasteiger partial charge >= 0.3 is 0 Å². The number of hydrogen-bond acceptors (Lipinski definition) is 4. The molecule has 0 unspecified atom stereocenters. The minimum atomic E-state index is 0.695. The van der Waals surface area contributed by atoms with Crippen LogP contribution in [0.5, 0.6) is 0 Å². The molecule has 11 aromatic rings. The molecule has 8 aromatic carbocycles. The van der Waals surface area contributed by atoms with E-state index in [1.54, 1.807) is 0 Å². The van der Waals surface area contributed by atoms with Gasteiger partial charge in [-0.05, 0) is 58.1 Å². The van der Waals surface area contributed by atoms with Gasteiger partial charge < -0.3 is 4.42 Å². The largest absolute Gasteiger partial charge is 0.455 e. The molecule has 0 N–H and O–H groups in total. The Hall–Kier alpha value is -7.14. The van der Waals surface area contributed by atoms with Crippen molar-refractivity contribution in [2.45, 2.75) is 0 Å². The molecule has 262 valence electrons. The van der Waals surface area contributed by atoms with Crippen LogP contribution in [0.15, 0.2) is 199 Å². The van der Waals surface area contributed by atoms with Crippen LogP contribution in [-0.4, -0.2) is 9.97 Å². The molecule has 0 radical (unpaired) electrons. The van der Waals surface area contributed by atoms with Crippen LogP contribution in [0.1, 0.15) is 0 Å². The number of hydrogen-bond donors (Lipinski definition) is 0. The number of thiophene rings is 1. The van der Waals surface area contributed by atoms with Crippen molar-refractivity contribution in [3.63, 3.8) is 0 Å². The molecule has 0 bridgehead atoms. The smallest absolute Gasteiger partial charge is 0.160 e. The topological polar surface area (TPSA) is 38.9 Å². The van der Waals surface area contributed by atoms with E-state index in [4.69, 9.17) is 14.4 Å². The number of nitrogens with zero attached hydrogens (tertiary/aromatic N) is 2. The van der Waals surface area contributed by atoms with E-state index in [0.29, 0.717) is 5.82 Å². The van der Waals surface area contributed by atoms with E-state index < -0.39 is 0 Å². The second-order valence-electron chi connectivity index (χ2n) is 14.1. The Morgan fingerprint density at radius 3 is 1.66 bits per heavy atom. The monoisotopic (exact) mass is 732 g/mol. The van der Waals surface area contributed by atoms with Gasteiger partial charge in [-0.1, -0.05) is 164 Å². The summed E-state index contributed by atoms with van der Waals surface area (Å²) in [7, 11) is 0. The normalized spacial score (nSPS) is 11.6. The molecule has 0 saturated carbocycles. The predicted octanol–water partition coefficient (Wildman–Crippen LogP) is 14.7. The maximum absolute atomic E-state index is 6.69. The summed E-state index contributed by atoms with van der Waals surface area (Å²) in [6, 6.07) is 68.4. The number of rotatable bonds is 6. The van der Waals surface area contributed by atoms with Gasteiger partial charge in [0.1, 0.15) is 11.2 Å². The molecule has 56 heavy (non-hydrogen) atoms. The Bertz CT molecular complexity index is 3220. The average molecular weight is 733 g/mol. The molecule has 0 amide bonds. The van der Waals surface area contributed by atoms with Crippen molar-refractivity contribution in [3.05, 3.63) is 194 Å². The van der Waals surface area contributed by atoms with Crippen molar-refractivity contribution in [3.8, 4) is 67.3 Å². The number of aromatic nitrogens is 2. The molecule has 3 nitrogen and oxygen atoms in total. The molecule has 0 aliphatic carbocycles. The lowest BCUT2D eigenvalue weighted by Crippen LogP contribution is -1.96. The van der Waals surface area contributed by atoms with Crippen LogP contribution in [0.3, 0.4) is 0 Å². The minimum absolute atomic E-state index is 0.695. The van der Waals surface area contributed by atoms with Gasteiger partial charge in [0.25, 0.3) is 0 Å². The molecule has 0 aliphatic heterocycles. The molecule has 4 heteroatoms. The second-order valence-corrected chi connectivity index (χ2v) is 15.2. The maximum atomic E-state index is 6.69. The van der Waals surface area contributed by atoms with Gasteiger partial charge in [-0.2, -0.15) is 0 Å². The van der Waals surface area contributed by atoms with Gasteiger partial charge in [0.15, 0.2) is 5.82 Å². The molecule has 3 heterocycles. The first-order valence-electron chi connectivity index (χ1n) is 18.8. The molecule has 0 fully saturated rings. The van der Waals surface area contributed by atoms with Crippen molar-refractivity contribution in [1.29, 1.82) is 0 Å². The summed E-state index contributed by atoms with van der Waals surface area (Å²) < 4.78 is 9.28. The summed E-state index contributed by atoms with van der Waals surface area (Å²) in [6.07, 6.45) is 0. The van der Waals surface area contributed by atoms with Gasteiger partial charge in [0, 0.05) is 53.2 Å². The number of para-hydroxylation sites is 1. The predicted molar refractivity (Wildman–Crippen MR) is 235 cm³/mol. The molecule has 0 saturated heterocycles. The highest BCUT2D eigenvalue weighted by atomic mass is 32.1. The highest BCUT2D eigenvalue weighted by Gasteiger charge is 2.19. The van der Waals surface area contributed by atoms with Crippen molar-refractivity contribution >= 4 is 53.4 Å². The quantitative estimate of drug-likeness (QED) is 0.171. The van der Waals surface area contributed by atoms with Crippen LogP contribution in [0.4, 0.5) is 0 Å². The van der Waals surface area contributed by atoms with Crippen LogP contribution in [0.25, 0.3) is 109 Å². The van der Waals surface area contributed by atoms with Crippen molar-refractivity contribution in [2.24, 2.45) is 0 Å². The van der Waals surface area contributed by atoms with Crippen molar-refractivity contribution in [1.82, 2.24) is 9.97 Å². The maximum Gasteiger partial charge on any atom is 0.160 e. The van der Waals surface area contributed by atoms with E-state index in [2.05, 4.69) is 164 Å². The van der Waals surface area contributed by atoms with Gasteiger partial charge in [0.05, 0.1) is 11.4 Å².